The van der Waals surface area contributed by atoms with Crippen molar-refractivity contribution >= 4 is 5.91 Å². The van der Waals surface area contributed by atoms with Gasteiger partial charge in [-0.15, -0.1) is 6.58 Å². The summed E-state index contributed by atoms with van der Waals surface area (Å²) in [5.41, 5.74) is 0. The van der Waals surface area contributed by atoms with Crippen molar-refractivity contribution < 1.29 is 4.79 Å². The number of nitrogens with one attached hydrogen (secondary N) is 2. The highest BCUT2D eigenvalue weighted by molar-refractivity contribution is 5.81. The van der Waals surface area contributed by atoms with Crippen molar-refractivity contribution in [2.45, 2.75) is 32.4 Å². The first kappa shape index (κ1) is 13.2. The second-order valence-electron chi connectivity index (χ2n) is 4.19. The van der Waals surface area contributed by atoms with Gasteiger partial charge < -0.3 is 10.6 Å². The van der Waals surface area contributed by atoms with Crippen LogP contribution in [0.4, 0.5) is 0 Å². The molecule has 0 radical (unpaired) electrons. The Hall–Kier alpha value is -0.870. The quantitative estimate of drug-likeness (QED) is 0.642. The summed E-state index contributed by atoms with van der Waals surface area (Å²) in [6, 6.07) is 0.435. The molecule has 1 saturated heterocycles. The summed E-state index contributed by atoms with van der Waals surface area (Å²) in [6.45, 7) is 11.2. The molecule has 1 aliphatic rings. The number of hydrogen-bond acceptors (Lipinski definition) is 3. The molecule has 1 amide bonds. The highest BCUT2D eigenvalue weighted by Crippen LogP contribution is 2.12. The van der Waals surface area contributed by atoms with Crippen molar-refractivity contribution in [3.05, 3.63) is 12.7 Å². The molecule has 2 unspecified atom stereocenters. The van der Waals surface area contributed by atoms with Gasteiger partial charge in [0.2, 0.25) is 5.91 Å². The summed E-state index contributed by atoms with van der Waals surface area (Å²) in [6.07, 6.45) is 2.84. The molecule has 0 aromatic heterocycles. The molecular formula is C12H23N3O. The molecule has 4 heteroatoms. The van der Waals surface area contributed by atoms with Crippen LogP contribution < -0.4 is 10.6 Å². The average Bonchev–Trinajstić information content (AvgIpc) is 2.80. The maximum Gasteiger partial charge on any atom is 0.237 e. The monoisotopic (exact) mass is 225 g/mol. The van der Waals surface area contributed by atoms with E-state index in [1.807, 2.05) is 6.92 Å². The van der Waals surface area contributed by atoms with E-state index < -0.39 is 0 Å². The Bertz CT molecular complexity index is 236. The highest BCUT2D eigenvalue weighted by atomic mass is 16.2. The van der Waals surface area contributed by atoms with E-state index in [0.29, 0.717) is 12.6 Å². The summed E-state index contributed by atoms with van der Waals surface area (Å²) in [4.78, 5) is 14.1. The molecular weight excluding hydrogens is 202 g/mol. The van der Waals surface area contributed by atoms with Crippen molar-refractivity contribution in [3.63, 3.8) is 0 Å². The van der Waals surface area contributed by atoms with E-state index in [4.69, 9.17) is 0 Å². The van der Waals surface area contributed by atoms with Crippen molar-refractivity contribution in [3.8, 4) is 0 Å². The van der Waals surface area contributed by atoms with Crippen LogP contribution in [-0.2, 0) is 4.79 Å². The van der Waals surface area contributed by atoms with Gasteiger partial charge in [-0.2, -0.15) is 0 Å². The lowest BCUT2D eigenvalue weighted by Gasteiger charge is -2.32. The standard InChI is InChI=1S/C12H23N3O/c1-4-7-14-12(16)10(3)15(5-2)11-6-8-13-9-11/h4,10-11,13H,1,5-9H2,2-3H3,(H,14,16). The van der Waals surface area contributed by atoms with E-state index >= 15 is 0 Å². The zero-order chi connectivity index (χ0) is 12.0. The lowest BCUT2D eigenvalue weighted by Crippen LogP contribution is -2.50. The van der Waals surface area contributed by atoms with Gasteiger partial charge in [-0.05, 0) is 26.4 Å². The maximum atomic E-state index is 11.8. The second kappa shape index (κ2) is 6.66. The number of carbonyl (C=O) groups excluding carboxylic acids is 1. The topological polar surface area (TPSA) is 44.4 Å². The predicted octanol–water partition coefficient (Wildman–Crippen LogP) is 0.361. The van der Waals surface area contributed by atoms with Gasteiger partial charge >= 0.3 is 0 Å². The van der Waals surface area contributed by atoms with Crippen LogP contribution in [0.3, 0.4) is 0 Å². The smallest absolute Gasteiger partial charge is 0.237 e. The molecule has 4 nitrogen and oxygen atoms in total. The van der Waals surface area contributed by atoms with E-state index in [1.54, 1.807) is 6.08 Å². The van der Waals surface area contributed by atoms with Crippen LogP contribution >= 0.6 is 0 Å². The molecule has 1 aliphatic heterocycles. The molecule has 1 fully saturated rings. The third kappa shape index (κ3) is 3.32. The van der Waals surface area contributed by atoms with Crippen LogP contribution in [0.25, 0.3) is 0 Å². The van der Waals surface area contributed by atoms with Crippen LogP contribution in [0.5, 0.6) is 0 Å². The van der Waals surface area contributed by atoms with Gasteiger partial charge in [0.1, 0.15) is 0 Å². The molecule has 2 N–H and O–H groups in total. The minimum atomic E-state index is -0.0603. The van der Waals surface area contributed by atoms with E-state index in [9.17, 15) is 4.79 Å². The van der Waals surface area contributed by atoms with E-state index in [2.05, 4.69) is 29.0 Å². The van der Waals surface area contributed by atoms with Crippen molar-refractivity contribution in [2.75, 3.05) is 26.2 Å². The van der Waals surface area contributed by atoms with E-state index in [0.717, 1.165) is 26.1 Å². The molecule has 0 aromatic carbocycles. The number of carbonyl (C=O) groups is 1. The molecule has 0 spiro atoms. The summed E-state index contributed by atoms with van der Waals surface area (Å²) >= 11 is 0. The van der Waals surface area contributed by atoms with Crippen LogP contribution in [0.2, 0.25) is 0 Å². The second-order valence-corrected chi connectivity index (χ2v) is 4.19. The Morgan fingerprint density at radius 1 is 1.75 bits per heavy atom. The Labute approximate surface area is 98.1 Å². The van der Waals surface area contributed by atoms with Gasteiger partial charge in [-0.3, -0.25) is 9.69 Å². The summed E-state index contributed by atoms with van der Waals surface area (Å²) in [5.74, 6) is 0.0913. The minimum Gasteiger partial charge on any atom is -0.351 e. The van der Waals surface area contributed by atoms with Crippen LogP contribution in [-0.4, -0.2) is 49.1 Å². The minimum absolute atomic E-state index is 0.0603. The third-order valence-corrected chi connectivity index (χ3v) is 3.17. The largest absolute Gasteiger partial charge is 0.351 e. The Kier molecular flexibility index (Phi) is 5.49. The zero-order valence-electron chi connectivity index (χ0n) is 10.3. The van der Waals surface area contributed by atoms with Crippen LogP contribution in [0.1, 0.15) is 20.3 Å². The first-order valence-corrected chi connectivity index (χ1v) is 6.05. The number of likely N-dealkylation sites (N-methyl/N-ethyl adjacent to an activating group) is 1. The van der Waals surface area contributed by atoms with Crippen molar-refractivity contribution in [1.29, 1.82) is 0 Å². The fourth-order valence-corrected chi connectivity index (χ4v) is 2.24. The molecule has 0 bridgehead atoms. The molecule has 92 valence electrons. The third-order valence-electron chi connectivity index (χ3n) is 3.17. The van der Waals surface area contributed by atoms with E-state index in [-0.39, 0.29) is 11.9 Å². The van der Waals surface area contributed by atoms with Crippen LogP contribution in [0.15, 0.2) is 12.7 Å². The molecule has 1 heterocycles. The van der Waals surface area contributed by atoms with Gasteiger partial charge in [-0.25, -0.2) is 0 Å². The average molecular weight is 225 g/mol. The van der Waals surface area contributed by atoms with Crippen molar-refractivity contribution in [1.82, 2.24) is 15.5 Å². The van der Waals surface area contributed by atoms with E-state index in [1.165, 1.54) is 0 Å². The van der Waals surface area contributed by atoms with Gasteiger partial charge in [-0.1, -0.05) is 13.0 Å². The van der Waals surface area contributed by atoms with Gasteiger partial charge in [0, 0.05) is 19.1 Å². The zero-order valence-corrected chi connectivity index (χ0v) is 10.3. The van der Waals surface area contributed by atoms with Gasteiger partial charge in [0.15, 0.2) is 0 Å². The number of nitrogens with zero attached hydrogens (tertiary/aromatic N) is 1. The fraction of sp³-hybridized carbons (Fsp3) is 0.750. The summed E-state index contributed by atoms with van der Waals surface area (Å²) in [7, 11) is 0. The Balaban J connectivity index is 2.50. The summed E-state index contributed by atoms with van der Waals surface area (Å²) < 4.78 is 0. The van der Waals surface area contributed by atoms with Gasteiger partial charge in [0.25, 0.3) is 0 Å². The first-order chi connectivity index (χ1) is 7.70. The maximum absolute atomic E-state index is 11.8. The molecule has 1 rings (SSSR count). The number of rotatable bonds is 6. The SMILES string of the molecule is C=CCNC(=O)C(C)N(CC)C1CCNC1. The predicted molar refractivity (Wildman–Crippen MR) is 66.3 cm³/mol. The lowest BCUT2D eigenvalue weighted by molar-refractivity contribution is -0.126. The summed E-state index contributed by atoms with van der Waals surface area (Å²) in [5, 5.41) is 6.19. The Morgan fingerprint density at radius 3 is 3.00 bits per heavy atom. The molecule has 0 aliphatic carbocycles. The molecule has 2 atom stereocenters. The van der Waals surface area contributed by atoms with Gasteiger partial charge in [0.05, 0.1) is 6.04 Å². The molecule has 0 saturated carbocycles. The normalized spacial score (nSPS) is 22.1. The molecule has 0 aromatic rings. The first-order valence-electron chi connectivity index (χ1n) is 6.05. The number of amides is 1. The van der Waals surface area contributed by atoms with Crippen molar-refractivity contribution in [2.24, 2.45) is 0 Å². The molecule has 16 heavy (non-hydrogen) atoms. The number of hydrogen-bond donors (Lipinski definition) is 2. The van der Waals surface area contributed by atoms with Crippen LogP contribution in [0, 0.1) is 0 Å². The highest BCUT2D eigenvalue weighted by Gasteiger charge is 2.28. The lowest BCUT2D eigenvalue weighted by atomic mass is 10.1. The Morgan fingerprint density at radius 2 is 2.50 bits per heavy atom. The fourth-order valence-electron chi connectivity index (χ4n) is 2.24.